The minimum Gasteiger partial charge on any atom is -0.493 e. The van der Waals surface area contributed by atoms with Gasteiger partial charge in [0.1, 0.15) is 0 Å². The van der Waals surface area contributed by atoms with Crippen LogP contribution in [0, 0.1) is 0 Å². The van der Waals surface area contributed by atoms with Gasteiger partial charge in [-0.15, -0.1) is 24.0 Å². The summed E-state index contributed by atoms with van der Waals surface area (Å²) in [5.74, 6) is 1.87. The molecule has 0 radical (unpaired) electrons. The Hall–Kier alpha value is -2.05. The summed E-state index contributed by atoms with van der Waals surface area (Å²) in [5, 5.41) is 6.38. The van der Waals surface area contributed by atoms with Crippen molar-refractivity contribution in [2.75, 3.05) is 33.1 Å². The summed E-state index contributed by atoms with van der Waals surface area (Å²) >= 11 is 0. The number of nitrogens with one attached hydrogen (secondary N) is 3. The smallest absolute Gasteiger partial charge is 0.240 e. The third-order valence-electron chi connectivity index (χ3n) is 3.91. The van der Waals surface area contributed by atoms with Crippen molar-refractivity contribution in [3.63, 3.8) is 0 Å². The largest absolute Gasteiger partial charge is 0.493 e. The van der Waals surface area contributed by atoms with Crippen LogP contribution in [0.25, 0.3) is 0 Å². The Balaban J connectivity index is 0.00000420. The maximum atomic E-state index is 11.8. The molecular weight excluding hydrogens is 507 g/mol. The molecule has 2 rings (SSSR count). The van der Waals surface area contributed by atoms with Gasteiger partial charge in [0.15, 0.2) is 17.5 Å². The molecule has 0 heterocycles. The first kappa shape index (κ1) is 25.0. The van der Waals surface area contributed by atoms with E-state index in [4.69, 9.17) is 9.47 Å². The summed E-state index contributed by atoms with van der Waals surface area (Å²) in [6.07, 6.45) is 0. The van der Waals surface area contributed by atoms with Crippen LogP contribution in [0.5, 0.6) is 11.5 Å². The molecule has 0 aliphatic heterocycles. The Morgan fingerprint density at radius 2 is 1.79 bits per heavy atom. The lowest BCUT2D eigenvalue weighted by molar-refractivity contribution is 0.311. The quantitative estimate of drug-likeness (QED) is 0.274. The van der Waals surface area contributed by atoms with Gasteiger partial charge in [0.25, 0.3) is 0 Å². The van der Waals surface area contributed by atoms with E-state index >= 15 is 0 Å². The van der Waals surface area contributed by atoms with Crippen molar-refractivity contribution in [2.24, 2.45) is 4.99 Å². The van der Waals surface area contributed by atoms with Crippen molar-refractivity contribution >= 4 is 45.6 Å². The first-order valence-electron chi connectivity index (χ1n) is 8.74. The predicted molar refractivity (Wildman–Crippen MR) is 126 cm³/mol. The average molecular weight is 534 g/mol. The van der Waals surface area contributed by atoms with Crippen LogP contribution in [-0.4, -0.2) is 42.2 Å². The van der Waals surface area contributed by atoms with E-state index in [-0.39, 0.29) is 28.9 Å². The third-order valence-corrected chi connectivity index (χ3v) is 5.34. The number of halogens is 1. The second kappa shape index (κ2) is 11.8. The van der Waals surface area contributed by atoms with Gasteiger partial charge in [-0.2, -0.15) is 0 Å². The Morgan fingerprint density at radius 1 is 1.10 bits per heavy atom. The summed E-state index contributed by atoms with van der Waals surface area (Å²) in [6, 6.07) is 12.2. The SMILES string of the molecule is CCOc1cc(NC(=NC)NCc2ccc(S(=O)(=O)NC)cc2)ccc1OC.I. The molecule has 0 atom stereocenters. The van der Waals surface area contributed by atoms with E-state index in [1.165, 1.54) is 7.05 Å². The molecule has 8 nitrogen and oxygen atoms in total. The molecule has 29 heavy (non-hydrogen) atoms. The molecule has 0 fully saturated rings. The van der Waals surface area contributed by atoms with Gasteiger partial charge in [-0.25, -0.2) is 13.1 Å². The van der Waals surface area contributed by atoms with E-state index in [1.807, 2.05) is 25.1 Å². The van der Waals surface area contributed by atoms with Crippen molar-refractivity contribution in [2.45, 2.75) is 18.4 Å². The van der Waals surface area contributed by atoms with Crippen molar-refractivity contribution in [3.05, 3.63) is 48.0 Å². The van der Waals surface area contributed by atoms with E-state index < -0.39 is 10.0 Å². The highest BCUT2D eigenvalue weighted by Crippen LogP contribution is 2.30. The third kappa shape index (κ3) is 7.05. The molecule has 0 aliphatic carbocycles. The molecule has 2 aromatic carbocycles. The van der Waals surface area contributed by atoms with E-state index in [0.29, 0.717) is 30.6 Å². The average Bonchev–Trinajstić information content (AvgIpc) is 2.72. The van der Waals surface area contributed by atoms with Crippen LogP contribution in [0.3, 0.4) is 0 Å². The molecular formula is C19H27IN4O4S. The molecule has 0 saturated heterocycles. The van der Waals surface area contributed by atoms with Crippen molar-refractivity contribution < 1.29 is 17.9 Å². The van der Waals surface area contributed by atoms with Gasteiger partial charge in [-0.1, -0.05) is 12.1 Å². The highest BCUT2D eigenvalue weighted by Gasteiger charge is 2.11. The normalized spacial score (nSPS) is 11.4. The van der Waals surface area contributed by atoms with E-state index in [9.17, 15) is 8.42 Å². The molecule has 0 spiro atoms. The number of methoxy groups -OCH3 is 1. The number of sulfonamides is 1. The van der Waals surface area contributed by atoms with Crippen LogP contribution in [0.2, 0.25) is 0 Å². The number of rotatable bonds is 8. The number of aliphatic imine (C=N–C) groups is 1. The summed E-state index contributed by atoms with van der Waals surface area (Å²) in [6.45, 7) is 2.92. The van der Waals surface area contributed by atoms with Crippen LogP contribution in [0.1, 0.15) is 12.5 Å². The zero-order valence-corrected chi connectivity index (χ0v) is 20.0. The van der Waals surface area contributed by atoms with Crippen molar-refractivity contribution in [3.8, 4) is 11.5 Å². The first-order chi connectivity index (χ1) is 13.4. The van der Waals surface area contributed by atoms with Gasteiger partial charge < -0.3 is 20.1 Å². The number of nitrogens with zero attached hydrogens (tertiary/aromatic N) is 1. The van der Waals surface area contributed by atoms with Gasteiger partial charge in [0.05, 0.1) is 18.6 Å². The highest BCUT2D eigenvalue weighted by molar-refractivity contribution is 14.0. The van der Waals surface area contributed by atoms with E-state index in [1.54, 1.807) is 38.4 Å². The van der Waals surface area contributed by atoms with Crippen molar-refractivity contribution in [1.29, 1.82) is 0 Å². The molecule has 0 amide bonds. The van der Waals surface area contributed by atoms with Gasteiger partial charge in [-0.3, -0.25) is 4.99 Å². The zero-order valence-electron chi connectivity index (χ0n) is 16.9. The number of guanidine groups is 1. The molecule has 10 heteroatoms. The van der Waals surface area contributed by atoms with Crippen LogP contribution < -0.4 is 24.8 Å². The number of anilines is 1. The molecule has 0 aliphatic rings. The zero-order chi connectivity index (χ0) is 20.6. The van der Waals surface area contributed by atoms with Gasteiger partial charge in [0.2, 0.25) is 10.0 Å². The number of benzene rings is 2. The molecule has 3 N–H and O–H groups in total. The molecule has 160 valence electrons. The number of ether oxygens (including phenoxy) is 2. The van der Waals surface area contributed by atoms with Gasteiger partial charge in [-0.05, 0) is 43.8 Å². The molecule has 0 aromatic heterocycles. The van der Waals surface area contributed by atoms with Crippen LogP contribution in [-0.2, 0) is 16.6 Å². The summed E-state index contributed by atoms with van der Waals surface area (Å²) in [5.41, 5.74) is 1.72. The van der Waals surface area contributed by atoms with E-state index in [0.717, 1.165) is 11.3 Å². The topological polar surface area (TPSA) is 101 Å². The summed E-state index contributed by atoms with van der Waals surface area (Å²) in [4.78, 5) is 4.43. The fourth-order valence-corrected chi connectivity index (χ4v) is 3.16. The Morgan fingerprint density at radius 3 is 2.34 bits per heavy atom. The Bertz CT molecular complexity index is 918. The lowest BCUT2D eigenvalue weighted by Gasteiger charge is -2.15. The van der Waals surface area contributed by atoms with Gasteiger partial charge >= 0.3 is 0 Å². The molecule has 0 saturated carbocycles. The standard InChI is InChI=1S/C19H26N4O4S.HI/c1-5-27-18-12-15(8-11-17(18)26-4)23-19(20-2)22-13-14-6-9-16(10-7-14)28(24,25)21-3;/h6-12,21H,5,13H2,1-4H3,(H2,20,22,23);1H. The second-order valence-electron chi connectivity index (χ2n) is 5.70. The highest BCUT2D eigenvalue weighted by atomic mass is 127. The molecule has 0 bridgehead atoms. The monoisotopic (exact) mass is 534 g/mol. The summed E-state index contributed by atoms with van der Waals surface area (Å²) in [7, 11) is 1.22. The number of hydrogen-bond acceptors (Lipinski definition) is 5. The second-order valence-corrected chi connectivity index (χ2v) is 7.59. The maximum absolute atomic E-state index is 11.8. The fourth-order valence-electron chi connectivity index (χ4n) is 2.43. The minimum absolute atomic E-state index is 0. The van der Waals surface area contributed by atoms with Crippen LogP contribution >= 0.6 is 24.0 Å². The summed E-state index contributed by atoms with van der Waals surface area (Å²) < 4.78 is 36.7. The van der Waals surface area contributed by atoms with Crippen LogP contribution in [0.15, 0.2) is 52.4 Å². The number of hydrogen-bond donors (Lipinski definition) is 3. The van der Waals surface area contributed by atoms with Crippen molar-refractivity contribution in [1.82, 2.24) is 10.0 Å². The maximum Gasteiger partial charge on any atom is 0.240 e. The van der Waals surface area contributed by atoms with Gasteiger partial charge in [0, 0.05) is 25.3 Å². The minimum atomic E-state index is -3.43. The lowest BCUT2D eigenvalue weighted by Crippen LogP contribution is -2.30. The Labute approximate surface area is 189 Å². The molecule has 0 unspecified atom stereocenters. The predicted octanol–water partition coefficient (Wildman–Crippen LogP) is 2.81. The fraction of sp³-hybridized carbons (Fsp3) is 0.316. The van der Waals surface area contributed by atoms with Crippen LogP contribution in [0.4, 0.5) is 5.69 Å². The van der Waals surface area contributed by atoms with E-state index in [2.05, 4.69) is 20.3 Å². The molecule has 2 aromatic rings. The Kier molecular flexibility index (Phi) is 10.2. The lowest BCUT2D eigenvalue weighted by atomic mass is 10.2. The first-order valence-corrected chi connectivity index (χ1v) is 10.2.